The molecule has 1 amide bonds. The first-order valence-corrected chi connectivity index (χ1v) is 9.22. The van der Waals surface area contributed by atoms with E-state index in [-0.39, 0.29) is 17.2 Å². The van der Waals surface area contributed by atoms with Gasteiger partial charge in [-0.1, -0.05) is 6.07 Å². The molecule has 1 spiro atoms. The Morgan fingerprint density at radius 2 is 2.21 bits per heavy atom. The van der Waals surface area contributed by atoms with Gasteiger partial charge in [0.25, 0.3) is 0 Å². The second kappa shape index (κ2) is 6.81. The van der Waals surface area contributed by atoms with Crippen molar-refractivity contribution in [2.24, 2.45) is 17.3 Å². The average molecular weight is 329 g/mol. The van der Waals surface area contributed by atoms with Crippen molar-refractivity contribution in [1.82, 2.24) is 15.2 Å². The van der Waals surface area contributed by atoms with Crippen LogP contribution in [0.3, 0.4) is 0 Å². The molecule has 0 aromatic carbocycles. The summed E-state index contributed by atoms with van der Waals surface area (Å²) in [6, 6.07) is 4.10. The van der Waals surface area contributed by atoms with Crippen LogP contribution >= 0.6 is 0 Å². The molecule has 1 aliphatic carbocycles. The van der Waals surface area contributed by atoms with Crippen LogP contribution in [0.1, 0.15) is 31.2 Å². The lowest BCUT2D eigenvalue weighted by molar-refractivity contribution is -0.129. The molecule has 2 aliphatic heterocycles. The van der Waals surface area contributed by atoms with Crippen LogP contribution in [0.2, 0.25) is 0 Å². The van der Waals surface area contributed by atoms with Gasteiger partial charge in [-0.15, -0.1) is 0 Å². The molecule has 1 saturated carbocycles. The van der Waals surface area contributed by atoms with Gasteiger partial charge in [0, 0.05) is 57.2 Å². The van der Waals surface area contributed by atoms with Gasteiger partial charge >= 0.3 is 0 Å². The monoisotopic (exact) mass is 329 g/mol. The fraction of sp³-hybridized carbons (Fsp3) is 0.684. The number of ether oxygens (including phenoxy) is 1. The maximum Gasteiger partial charge on any atom is 0.225 e. The molecule has 5 heteroatoms. The van der Waals surface area contributed by atoms with E-state index >= 15 is 0 Å². The predicted molar refractivity (Wildman–Crippen MR) is 91.2 cm³/mol. The molecule has 0 radical (unpaired) electrons. The van der Waals surface area contributed by atoms with Crippen LogP contribution in [0.5, 0.6) is 0 Å². The molecule has 3 fully saturated rings. The number of pyridine rings is 1. The third kappa shape index (κ3) is 3.47. The minimum Gasteiger partial charge on any atom is -0.381 e. The molecule has 1 aromatic rings. The van der Waals surface area contributed by atoms with Gasteiger partial charge in [-0.25, -0.2) is 0 Å². The third-order valence-electron chi connectivity index (χ3n) is 5.91. The molecule has 5 nitrogen and oxygen atoms in total. The number of nitrogens with zero attached hydrogens (tertiary/aromatic N) is 2. The van der Waals surface area contributed by atoms with E-state index in [2.05, 4.69) is 21.3 Å². The van der Waals surface area contributed by atoms with Crippen LogP contribution in [0.25, 0.3) is 0 Å². The SMILES string of the molecule is O=C(NCC1CC1)[C@H]1CN(Cc2cccnc2)CC12CCOCC2. The lowest BCUT2D eigenvalue weighted by Crippen LogP contribution is -2.44. The standard InChI is InChI=1S/C19H27N3O2/c23-18(21-11-15-3-4-15)17-13-22(12-16-2-1-7-20-10-16)14-19(17)5-8-24-9-6-19/h1-2,7,10,15,17H,3-6,8-9,11-14H2,(H,21,23)/t17-/m1/s1. The number of amides is 1. The molecule has 0 bridgehead atoms. The van der Waals surface area contributed by atoms with E-state index in [0.717, 1.165) is 58.2 Å². The summed E-state index contributed by atoms with van der Waals surface area (Å²) in [5.41, 5.74) is 1.31. The van der Waals surface area contributed by atoms with Crippen molar-refractivity contribution >= 4 is 5.91 Å². The van der Waals surface area contributed by atoms with Crippen molar-refractivity contribution in [3.05, 3.63) is 30.1 Å². The van der Waals surface area contributed by atoms with Gasteiger partial charge in [0.2, 0.25) is 5.91 Å². The zero-order chi connectivity index (χ0) is 16.4. The number of nitrogens with one attached hydrogen (secondary N) is 1. The smallest absolute Gasteiger partial charge is 0.225 e. The Morgan fingerprint density at radius 3 is 2.92 bits per heavy atom. The third-order valence-corrected chi connectivity index (χ3v) is 5.91. The first kappa shape index (κ1) is 16.0. The summed E-state index contributed by atoms with van der Waals surface area (Å²) in [6.45, 7) is 5.16. The highest BCUT2D eigenvalue weighted by Crippen LogP contribution is 2.44. The van der Waals surface area contributed by atoms with Gasteiger partial charge in [0.1, 0.15) is 0 Å². The predicted octanol–water partition coefficient (Wildman–Crippen LogP) is 1.84. The highest BCUT2D eigenvalue weighted by Gasteiger charge is 2.50. The van der Waals surface area contributed by atoms with Crippen molar-refractivity contribution in [2.45, 2.75) is 32.2 Å². The van der Waals surface area contributed by atoms with E-state index in [0.29, 0.717) is 0 Å². The van der Waals surface area contributed by atoms with Crippen molar-refractivity contribution in [2.75, 3.05) is 32.8 Å². The van der Waals surface area contributed by atoms with Crippen LogP contribution in [0.4, 0.5) is 0 Å². The van der Waals surface area contributed by atoms with Gasteiger partial charge < -0.3 is 10.1 Å². The van der Waals surface area contributed by atoms with Crippen LogP contribution in [0, 0.1) is 17.3 Å². The molecule has 24 heavy (non-hydrogen) atoms. The number of aromatic nitrogens is 1. The molecule has 2 saturated heterocycles. The maximum atomic E-state index is 12.9. The zero-order valence-corrected chi connectivity index (χ0v) is 14.2. The second-order valence-electron chi connectivity index (χ2n) is 7.75. The van der Waals surface area contributed by atoms with Crippen molar-refractivity contribution in [3.8, 4) is 0 Å². The Labute approximate surface area is 143 Å². The largest absolute Gasteiger partial charge is 0.381 e. The first-order chi connectivity index (χ1) is 11.8. The van der Waals surface area contributed by atoms with Crippen molar-refractivity contribution in [3.63, 3.8) is 0 Å². The number of rotatable bonds is 5. The Morgan fingerprint density at radius 1 is 1.38 bits per heavy atom. The average Bonchev–Trinajstić information content (AvgIpc) is 3.38. The Balaban J connectivity index is 1.45. The highest BCUT2D eigenvalue weighted by molar-refractivity contribution is 5.80. The molecule has 0 unspecified atom stereocenters. The van der Waals surface area contributed by atoms with Gasteiger partial charge in [-0.3, -0.25) is 14.7 Å². The van der Waals surface area contributed by atoms with Crippen molar-refractivity contribution in [1.29, 1.82) is 0 Å². The summed E-state index contributed by atoms with van der Waals surface area (Å²) in [5, 5.41) is 3.22. The summed E-state index contributed by atoms with van der Waals surface area (Å²) >= 11 is 0. The number of carbonyl (C=O) groups excluding carboxylic acids is 1. The fourth-order valence-electron chi connectivity index (χ4n) is 4.28. The van der Waals surface area contributed by atoms with Crippen LogP contribution < -0.4 is 5.32 Å². The Bertz CT molecular complexity index is 567. The van der Waals surface area contributed by atoms with Crippen LogP contribution in [-0.4, -0.2) is 48.6 Å². The molecule has 1 N–H and O–H groups in total. The Hall–Kier alpha value is -1.46. The Kier molecular flexibility index (Phi) is 4.55. The molecular formula is C19H27N3O2. The topological polar surface area (TPSA) is 54.5 Å². The van der Waals surface area contributed by atoms with E-state index in [1.807, 2.05) is 18.5 Å². The van der Waals surface area contributed by atoms with Gasteiger partial charge in [0.05, 0.1) is 5.92 Å². The summed E-state index contributed by atoms with van der Waals surface area (Å²) in [6.07, 6.45) is 8.28. The maximum absolute atomic E-state index is 12.9. The van der Waals surface area contributed by atoms with E-state index < -0.39 is 0 Å². The molecule has 1 aromatic heterocycles. The van der Waals surface area contributed by atoms with Gasteiger partial charge in [-0.05, 0) is 43.2 Å². The normalized spacial score (nSPS) is 26.6. The quantitative estimate of drug-likeness (QED) is 0.895. The van der Waals surface area contributed by atoms with Crippen LogP contribution in [0.15, 0.2) is 24.5 Å². The molecule has 3 aliphatic rings. The number of hydrogen-bond acceptors (Lipinski definition) is 4. The summed E-state index contributed by atoms with van der Waals surface area (Å²) < 4.78 is 5.59. The van der Waals surface area contributed by atoms with E-state index in [1.54, 1.807) is 0 Å². The van der Waals surface area contributed by atoms with E-state index in [4.69, 9.17) is 4.74 Å². The number of hydrogen-bond donors (Lipinski definition) is 1. The van der Waals surface area contributed by atoms with E-state index in [9.17, 15) is 4.79 Å². The zero-order valence-electron chi connectivity index (χ0n) is 14.2. The molecule has 130 valence electrons. The lowest BCUT2D eigenvalue weighted by Gasteiger charge is -2.37. The fourth-order valence-corrected chi connectivity index (χ4v) is 4.28. The van der Waals surface area contributed by atoms with Crippen molar-refractivity contribution < 1.29 is 9.53 Å². The van der Waals surface area contributed by atoms with E-state index in [1.165, 1.54) is 18.4 Å². The molecular weight excluding hydrogens is 302 g/mol. The second-order valence-corrected chi connectivity index (χ2v) is 7.75. The summed E-state index contributed by atoms with van der Waals surface area (Å²) in [7, 11) is 0. The minimum atomic E-state index is 0.0914. The summed E-state index contributed by atoms with van der Waals surface area (Å²) in [4.78, 5) is 19.5. The first-order valence-electron chi connectivity index (χ1n) is 9.22. The summed E-state index contributed by atoms with van der Waals surface area (Å²) in [5.74, 6) is 1.08. The highest BCUT2D eigenvalue weighted by atomic mass is 16.5. The molecule has 4 rings (SSSR count). The van der Waals surface area contributed by atoms with Crippen LogP contribution in [-0.2, 0) is 16.1 Å². The molecule has 1 atom stereocenters. The lowest BCUT2D eigenvalue weighted by atomic mass is 9.71. The number of likely N-dealkylation sites (tertiary alicyclic amines) is 1. The molecule has 3 heterocycles. The van der Waals surface area contributed by atoms with Gasteiger partial charge in [0.15, 0.2) is 0 Å². The minimum absolute atomic E-state index is 0.0914. The number of carbonyl (C=O) groups is 1. The van der Waals surface area contributed by atoms with Gasteiger partial charge in [-0.2, -0.15) is 0 Å².